The minimum absolute atomic E-state index is 0.200. The van der Waals surface area contributed by atoms with Gasteiger partial charge in [-0.05, 0) is 44.6 Å². The number of hydrogen-bond donors (Lipinski definition) is 1. The van der Waals surface area contributed by atoms with Crippen LogP contribution in [0.2, 0.25) is 0 Å². The molecule has 64 valence electrons. The second-order valence-corrected chi connectivity index (χ2v) is 4.30. The summed E-state index contributed by atoms with van der Waals surface area (Å²) in [6.07, 6.45) is 1.85. The lowest BCUT2D eigenvalue weighted by Gasteiger charge is -2.00. The standard InChI is InChI=1S/C7H6BrIN2O/c8-4-1-5(9)6(11-3-4)2-7(10)12/h1,3H,2H2,(H2,10,12). The Morgan fingerprint density at radius 1 is 1.75 bits per heavy atom. The molecule has 0 fully saturated rings. The van der Waals surface area contributed by atoms with Gasteiger partial charge in [0.2, 0.25) is 5.91 Å². The molecule has 0 radical (unpaired) electrons. The molecule has 1 amide bonds. The van der Waals surface area contributed by atoms with Gasteiger partial charge in [0.25, 0.3) is 0 Å². The zero-order chi connectivity index (χ0) is 9.14. The molecule has 0 atom stereocenters. The van der Waals surface area contributed by atoms with Crippen molar-refractivity contribution in [3.05, 3.63) is 26.0 Å². The van der Waals surface area contributed by atoms with Crippen LogP contribution in [0.1, 0.15) is 5.69 Å². The Bertz CT molecular complexity index is 316. The largest absolute Gasteiger partial charge is 0.369 e. The van der Waals surface area contributed by atoms with Gasteiger partial charge in [-0.15, -0.1) is 0 Å². The van der Waals surface area contributed by atoms with Gasteiger partial charge in [0.15, 0.2) is 0 Å². The summed E-state index contributed by atoms with van der Waals surface area (Å²) in [5.41, 5.74) is 5.77. The summed E-state index contributed by atoms with van der Waals surface area (Å²) < 4.78 is 1.85. The average molecular weight is 341 g/mol. The lowest BCUT2D eigenvalue weighted by Crippen LogP contribution is -2.15. The molecule has 0 saturated heterocycles. The van der Waals surface area contributed by atoms with Gasteiger partial charge in [0, 0.05) is 14.2 Å². The van der Waals surface area contributed by atoms with Crippen LogP contribution in [0.3, 0.4) is 0 Å². The van der Waals surface area contributed by atoms with E-state index >= 15 is 0 Å². The summed E-state index contributed by atoms with van der Waals surface area (Å²) in [6.45, 7) is 0. The average Bonchev–Trinajstić information content (AvgIpc) is 1.94. The van der Waals surface area contributed by atoms with Gasteiger partial charge in [-0.3, -0.25) is 9.78 Å². The van der Waals surface area contributed by atoms with Crippen molar-refractivity contribution in [1.29, 1.82) is 0 Å². The fraction of sp³-hybridized carbons (Fsp3) is 0.143. The van der Waals surface area contributed by atoms with Crippen LogP contribution >= 0.6 is 38.5 Å². The SMILES string of the molecule is NC(=O)Cc1ncc(Br)cc1I. The maximum atomic E-state index is 10.6. The second kappa shape index (κ2) is 4.18. The number of carbonyl (C=O) groups is 1. The van der Waals surface area contributed by atoms with Crippen molar-refractivity contribution >= 4 is 44.4 Å². The van der Waals surface area contributed by atoms with Gasteiger partial charge < -0.3 is 5.73 Å². The topological polar surface area (TPSA) is 56.0 Å². The molecule has 1 aromatic rings. The van der Waals surface area contributed by atoms with E-state index in [1.54, 1.807) is 6.20 Å². The van der Waals surface area contributed by atoms with E-state index < -0.39 is 0 Å². The first kappa shape index (κ1) is 9.91. The Balaban J connectivity index is 2.93. The predicted octanol–water partition coefficient (Wildman–Crippen LogP) is 1.48. The summed E-state index contributed by atoms with van der Waals surface area (Å²) >= 11 is 5.40. The molecular weight excluding hydrogens is 335 g/mol. The van der Waals surface area contributed by atoms with Crippen LogP contribution in [0.5, 0.6) is 0 Å². The normalized spacial score (nSPS) is 9.83. The minimum atomic E-state index is -0.359. The Labute approximate surface area is 92.0 Å². The van der Waals surface area contributed by atoms with Gasteiger partial charge in [0.05, 0.1) is 12.1 Å². The first-order valence-electron chi connectivity index (χ1n) is 3.18. The number of pyridine rings is 1. The van der Waals surface area contributed by atoms with Crippen LogP contribution < -0.4 is 5.73 Å². The molecule has 12 heavy (non-hydrogen) atoms. The number of hydrogen-bond acceptors (Lipinski definition) is 2. The second-order valence-electron chi connectivity index (χ2n) is 2.23. The highest BCUT2D eigenvalue weighted by Gasteiger charge is 2.04. The first-order valence-corrected chi connectivity index (χ1v) is 5.05. The number of amides is 1. The van der Waals surface area contributed by atoms with Crippen molar-refractivity contribution < 1.29 is 4.79 Å². The van der Waals surface area contributed by atoms with Gasteiger partial charge in [-0.1, -0.05) is 0 Å². The number of aromatic nitrogens is 1. The molecule has 0 aliphatic carbocycles. The van der Waals surface area contributed by atoms with Crippen LogP contribution in [-0.4, -0.2) is 10.9 Å². The number of carbonyl (C=O) groups excluding carboxylic acids is 1. The van der Waals surface area contributed by atoms with Crippen molar-refractivity contribution in [2.75, 3.05) is 0 Å². The van der Waals surface area contributed by atoms with Crippen molar-refractivity contribution in [2.45, 2.75) is 6.42 Å². The number of halogens is 2. The molecule has 0 saturated carbocycles. The molecule has 2 N–H and O–H groups in total. The molecule has 3 nitrogen and oxygen atoms in total. The molecule has 5 heteroatoms. The van der Waals surface area contributed by atoms with Crippen LogP contribution in [0.4, 0.5) is 0 Å². The summed E-state index contributed by atoms with van der Waals surface area (Å²) in [7, 11) is 0. The monoisotopic (exact) mass is 340 g/mol. The summed E-state index contributed by atoms with van der Waals surface area (Å²) in [4.78, 5) is 14.6. The number of nitrogens with two attached hydrogens (primary N) is 1. The number of primary amides is 1. The molecular formula is C7H6BrIN2O. The molecule has 0 aromatic carbocycles. The van der Waals surface area contributed by atoms with Crippen molar-refractivity contribution in [1.82, 2.24) is 4.98 Å². The highest BCUT2D eigenvalue weighted by molar-refractivity contribution is 14.1. The van der Waals surface area contributed by atoms with E-state index in [4.69, 9.17) is 5.73 Å². The molecule has 0 unspecified atom stereocenters. The summed E-state index contributed by atoms with van der Waals surface area (Å²) in [5.74, 6) is -0.359. The third-order valence-electron chi connectivity index (χ3n) is 1.23. The van der Waals surface area contributed by atoms with E-state index in [1.165, 1.54) is 0 Å². The van der Waals surface area contributed by atoms with Gasteiger partial charge in [-0.2, -0.15) is 0 Å². The third-order valence-corrected chi connectivity index (χ3v) is 2.59. The van der Waals surface area contributed by atoms with Gasteiger partial charge in [0.1, 0.15) is 0 Å². The van der Waals surface area contributed by atoms with Crippen LogP contribution in [-0.2, 0) is 11.2 Å². The quantitative estimate of drug-likeness (QED) is 0.829. The van der Waals surface area contributed by atoms with E-state index in [2.05, 4.69) is 43.5 Å². The van der Waals surface area contributed by atoms with E-state index in [1.807, 2.05) is 6.07 Å². The maximum absolute atomic E-state index is 10.6. The van der Waals surface area contributed by atoms with Crippen LogP contribution in [0.25, 0.3) is 0 Å². The lowest BCUT2D eigenvalue weighted by atomic mass is 10.3. The maximum Gasteiger partial charge on any atom is 0.223 e. The lowest BCUT2D eigenvalue weighted by molar-refractivity contribution is -0.117. The van der Waals surface area contributed by atoms with Crippen molar-refractivity contribution in [3.8, 4) is 0 Å². The molecule has 0 aliphatic heterocycles. The van der Waals surface area contributed by atoms with E-state index in [-0.39, 0.29) is 12.3 Å². The zero-order valence-corrected chi connectivity index (χ0v) is 9.79. The van der Waals surface area contributed by atoms with E-state index in [9.17, 15) is 4.79 Å². The predicted molar refractivity (Wildman–Crippen MR) is 57.6 cm³/mol. The van der Waals surface area contributed by atoms with Gasteiger partial charge >= 0.3 is 0 Å². The van der Waals surface area contributed by atoms with Gasteiger partial charge in [-0.25, -0.2) is 0 Å². The Morgan fingerprint density at radius 2 is 2.42 bits per heavy atom. The number of rotatable bonds is 2. The highest BCUT2D eigenvalue weighted by atomic mass is 127. The summed E-state index contributed by atoms with van der Waals surface area (Å²) in [5, 5.41) is 0. The Hall–Kier alpha value is -0.170. The molecule has 1 aromatic heterocycles. The summed E-state index contributed by atoms with van der Waals surface area (Å²) in [6, 6.07) is 1.89. The van der Waals surface area contributed by atoms with Crippen LogP contribution in [0, 0.1) is 3.57 Å². The first-order chi connectivity index (χ1) is 5.59. The van der Waals surface area contributed by atoms with E-state index in [0.717, 1.165) is 13.7 Å². The van der Waals surface area contributed by atoms with Crippen molar-refractivity contribution in [3.63, 3.8) is 0 Å². The third kappa shape index (κ3) is 2.71. The Morgan fingerprint density at radius 3 is 2.92 bits per heavy atom. The molecule has 0 spiro atoms. The molecule has 0 bridgehead atoms. The fourth-order valence-electron chi connectivity index (χ4n) is 0.738. The molecule has 1 rings (SSSR count). The molecule has 0 aliphatic rings. The van der Waals surface area contributed by atoms with E-state index in [0.29, 0.717) is 0 Å². The van der Waals surface area contributed by atoms with Crippen molar-refractivity contribution in [2.24, 2.45) is 5.73 Å². The smallest absolute Gasteiger partial charge is 0.223 e. The highest BCUT2D eigenvalue weighted by Crippen LogP contribution is 2.15. The van der Waals surface area contributed by atoms with Crippen LogP contribution in [0.15, 0.2) is 16.7 Å². The Kier molecular flexibility index (Phi) is 3.45. The minimum Gasteiger partial charge on any atom is -0.369 e. The number of nitrogens with zero attached hydrogens (tertiary/aromatic N) is 1. The molecule has 1 heterocycles. The zero-order valence-electron chi connectivity index (χ0n) is 6.05. The fourth-order valence-corrected chi connectivity index (χ4v) is 2.16.